The summed E-state index contributed by atoms with van der Waals surface area (Å²) in [5, 5.41) is 7.48. The van der Waals surface area contributed by atoms with Gasteiger partial charge in [0.15, 0.2) is 0 Å². The summed E-state index contributed by atoms with van der Waals surface area (Å²) < 4.78 is 21.3. The van der Waals surface area contributed by atoms with E-state index in [-0.39, 0.29) is 13.2 Å². The van der Waals surface area contributed by atoms with Crippen LogP contribution in [0.5, 0.6) is 0 Å². The summed E-state index contributed by atoms with van der Waals surface area (Å²) in [6, 6.07) is 12.9. The van der Waals surface area contributed by atoms with Crippen LogP contribution in [0.1, 0.15) is 50.5 Å². The lowest BCUT2D eigenvalue weighted by molar-refractivity contribution is 0.0436. The summed E-state index contributed by atoms with van der Waals surface area (Å²) in [4.78, 5) is 39.8. The second-order valence-corrected chi connectivity index (χ2v) is 10.9. The Morgan fingerprint density at radius 1 is 1.00 bits per heavy atom. The number of nitrogens with one attached hydrogen (secondary N) is 2. The zero-order valence-electron chi connectivity index (χ0n) is 23.3. The van der Waals surface area contributed by atoms with Crippen molar-refractivity contribution in [1.29, 1.82) is 0 Å². The SMILES string of the molecule is COCCN(Cc1cccs1)C(=O)OCC(CCCCNC(=O)OCc1ccccc1)NC(=O)OC(C)(C)C. The molecule has 10 nitrogen and oxygen atoms in total. The Labute approximate surface area is 234 Å². The fourth-order valence-electron chi connectivity index (χ4n) is 3.44. The van der Waals surface area contributed by atoms with Gasteiger partial charge < -0.3 is 34.5 Å². The molecule has 2 aromatic rings. The zero-order chi connectivity index (χ0) is 28.5. The molecule has 1 heterocycles. The van der Waals surface area contributed by atoms with E-state index in [1.807, 2.05) is 47.8 Å². The van der Waals surface area contributed by atoms with Crippen molar-refractivity contribution >= 4 is 29.6 Å². The lowest BCUT2D eigenvalue weighted by atomic mass is 10.1. The third kappa shape index (κ3) is 14.4. The number of nitrogens with zero attached hydrogens (tertiary/aromatic N) is 1. The van der Waals surface area contributed by atoms with Crippen molar-refractivity contribution in [2.75, 3.05) is 33.4 Å². The molecule has 1 aromatic carbocycles. The number of amides is 3. The summed E-state index contributed by atoms with van der Waals surface area (Å²) in [6.07, 6.45) is 0.285. The highest BCUT2D eigenvalue weighted by Gasteiger charge is 2.22. The minimum Gasteiger partial charge on any atom is -0.447 e. The van der Waals surface area contributed by atoms with Crippen molar-refractivity contribution < 1.29 is 33.3 Å². The first-order valence-electron chi connectivity index (χ1n) is 13.0. The topological polar surface area (TPSA) is 115 Å². The van der Waals surface area contributed by atoms with Gasteiger partial charge in [0.2, 0.25) is 0 Å². The van der Waals surface area contributed by atoms with Gasteiger partial charge in [-0.25, -0.2) is 14.4 Å². The Bertz CT molecular complexity index is 981. The molecule has 0 radical (unpaired) electrons. The van der Waals surface area contributed by atoms with Crippen LogP contribution >= 0.6 is 11.3 Å². The van der Waals surface area contributed by atoms with E-state index in [4.69, 9.17) is 18.9 Å². The maximum absolute atomic E-state index is 12.9. The van der Waals surface area contributed by atoms with E-state index in [2.05, 4.69) is 10.6 Å². The molecular formula is C28H41N3O7S. The third-order valence-electron chi connectivity index (χ3n) is 5.34. The van der Waals surface area contributed by atoms with Gasteiger partial charge in [0.1, 0.15) is 18.8 Å². The molecule has 39 heavy (non-hydrogen) atoms. The molecule has 2 N–H and O–H groups in total. The molecule has 0 aliphatic rings. The maximum Gasteiger partial charge on any atom is 0.410 e. The van der Waals surface area contributed by atoms with Gasteiger partial charge >= 0.3 is 18.3 Å². The number of thiophene rings is 1. The monoisotopic (exact) mass is 563 g/mol. The van der Waals surface area contributed by atoms with E-state index >= 15 is 0 Å². The number of carbonyl (C=O) groups is 3. The first-order valence-corrected chi connectivity index (χ1v) is 13.9. The van der Waals surface area contributed by atoms with E-state index in [0.29, 0.717) is 45.5 Å². The van der Waals surface area contributed by atoms with Gasteiger partial charge in [0, 0.05) is 25.1 Å². The largest absolute Gasteiger partial charge is 0.447 e. The standard InChI is InChI=1S/C28H41N3O7S/c1-28(2,3)38-26(33)30-23(13-8-9-15-29-25(32)36-20-22-11-6-5-7-12-22)21-37-27(34)31(16-17-35-4)19-24-14-10-18-39-24/h5-7,10-12,14,18,23H,8-9,13,15-17,19-21H2,1-4H3,(H,29,32)(H,30,33). The van der Waals surface area contributed by atoms with Crippen molar-refractivity contribution in [2.45, 2.75) is 64.8 Å². The summed E-state index contributed by atoms with van der Waals surface area (Å²) >= 11 is 1.56. The lowest BCUT2D eigenvalue weighted by Crippen LogP contribution is -2.43. The van der Waals surface area contributed by atoms with Crippen LogP contribution in [0.25, 0.3) is 0 Å². The first kappa shape index (κ1) is 31.9. The van der Waals surface area contributed by atoms with Crippen LogP contribution in [0.2, 0.25) is 0 Å². The molecule has 1 atom stereocenters. The Balaban J connectivity index is 1.82. The molecule has 11 heteroatoms. The minimum atomic E-state index is -0.660. The molecule has 0 fully saturated rings. The minimum absolute atomic E-state index is 0.0153. The second-order valence-electron chi connectivity index (χ2n) is 9.90. The molecule has 216 valence electrons. The highest BCUT2D eigenvalue weighted by atomic mass is 32.1. The molecule has 0 spiro atoms. The van der Waals surface area contributed by atoms with Gasteiger partial charge in [-0.2, -0.15) is 0 Å². The van der Waals surface area contributed by atoms with Crippen LogP contribution in [0, 0.1) is 0 Å². The molecular weight excluding hydrogens is 522 g/mol. The van der Waals surface area contributed by atoms with Crippen LogP contribution in [-0.2, 0) is 32.1 Å². The van der Waals surface area contributed by atoms with Gasteiger partial charge in [-0.3, -0.25) is 0 Å². The predicted molar refractivity (Wildman–Crippen MR) is 150 cm³/mol. The number of benzene rings is 1. The predicted octanol–water partition coefficient (Wildman–Crippen LogP) is 5.32. The average Bonchev–Trinajstić information content (AvgIpc) is 3.40. The highest BCUT2D eigenvalue weighted by Crippen LogP contribution is 2.14. The van der Waals surface area contributed by atoms with Crippen molar-refractivity contribution in [3.05, 3.63) is 58.3 Å². The summed E-state index contributed by atoms with van der Waals surface area (Å²) in [7, 11) is 1.58. The van der Waals surface area contributed by atoms with E-state index in [1.54, 1.807) is 44.1 Å². The van der Waals surface area contributed by atoms with Crippen molar-refractivity contribution in [2.24, 2.45) is 0 Å². The van der Waals surface area contributed by atoms with Crippen LogP contribution < -0.4 is 10.6 Å². The summed E-state index contributed by atoms with van der Waals surface area (Å²) in [5.41, 5.74) is 0.252. The number of hydrogen-bond donors (Lipinski definition) is 2. The van der Waals surface area contributed by atoms with Crippen molar-refractivity contribution in [3.8, 4) is 0 Å². The van der Waals surface area contributed by atoms with Crippen LogP contribution in [0.15, 0.2) is 47.8 Å². The van der Waals surface area contributed by atoms with E-state index in [9.17, 15) is 14.4 Å². The van der Waals surface area contributed by atoms with E-state index in [0.717, 1.165) is 10.4 Å². The van der Waals surface area contributed by atoms with Gasteiger partial charge in [-0.1, -0.05) is 36.4 Å². The first-order chi connectivity index (χ1) is 18.7. The number of hydrogen-bond acceptors (Lipinski definition) is 8. The fourth-order valence-corrected chi connectivity index (χ4v) is 4.16. The smallest absolute Gasteiger partial charge is 0.410 e. The number of unbranched alkanes of at least 4 members (excludes halogenated alkanes) is 1. The number of methoxy groups -OCH3 is 1. The second kappa shape index (κ2) is 17.3. The lowest BCUT2D eigenvalue weighted by Gasteiger charge is -2.25. The Morgan fingerprint density at radius 3 is 2.44 bits per heavy atom. The van der Waals surface area contributed by atoms with E-state index < -0.39 is 29.9 Å². The van der Waals surface area contributed by atoms with Gasteiger partial charge in [-0.05, 0) is 57.0 Å². The van der Waals surface area contributed by atoms with Gasteiger partial charge in [0.05, 0.1) is 19.2 Å². The molecule has 0 aliphatic heterocycles. The number of carbonyl (C=O) groups excluding carboxylic acids is 3. The number of alkyl carbamates (subject to hydrolysis) is 2. The maximum atomic E-state index is 12.9. The summed E-state index contributed by atoms with van der Waals surface area (Å²) in [6.45, 7) is 7.11. The normalized spacial score (nSPS) is 11.8. The highest BCUT2D eigenvalue weighted by molar-refractivity contribution is 7.09. The number of rotatable bonds is 15. The Kier molecular flexibility index (Phi) is 14.2. The van der Waals surface area contributed by atoms with Crippen LogP contribution in [0.4, 0.5) is 14.4 Å². The van der Waals surface area contributed by atoms with Crippen LogP contribution in [-0.4, -0.2) is 68.2 Å². The third-order valence-corrected chi connectivity index (χ3v) is 6.20. The van der Waals surface area contributed by atoms with Gasteiger partial charge in [0.25, 0.3) is 0 Å². The average molecular weight is 564 g/mol. The van der Waals surface area contributed by atoms with Gasteiger partial charge in [-0.15, -0.1) is 11.3 Å². The zero-order valence-corrected chi connectivity index (χ0v) is 24.1. The molecule has 2 rings (SSSR count). The Morgan fingerprint density at radius 2 is 1.77 bits per heavy atom. The molecule has 0 saturated carbocycles. The molecule has 3 amide bonds. The van der Waals surface area contributed by atoms with Crippen molar-refractivity contribution in [1.82, 2.24) is 15.5 Å². The van der Waals surface area contributed by atoms with Crippen molar-refractivity contribution in [3.63, 3.8) is 0 Å². The van der Waals surface area contributed by atoms with Crippen LogP contribution in [0.3, 0.4) is 0 Å². The van der Waals surface area contributed by atoms with E-state index in [1.165, 1.54) is 0 Å². The quantitative estimate of drug-likeness (QED) is 0.222. The Hall–Kier alpha value is -3.31. The summed E-state index contributed by atoms with van der Waals surface area (Å²) in [5.74, 6) is 0. The number of ether oxygens (including phenoxy) is 4. The fraction of sp³-hybridized carbons (Fsp3) is 0.536. The molecule has 1 unspecified atom stereocenters. The molecule has 0 saturated heterocycles. The molecule has 0 aliphatic carbocycles. The molecule has 0 bridgehead atoms. The molecule has 1 aromatic heterocycles.